The van der Waals surface area contributed by atoms with Crippen LogP contribution in [-0.2, 0) is 22.2 Å². The molecule has 2 atom stereocenters. The first-order valence-corrected chi connectivity index (χ1v) is 12.6. The third-order valence-electron chi connectivity index (χ3n) is 7.83. The number of anilines is 2. The lowest BCUT2D eigenvalue weighted by molar-refractivity contribution is -0.142. The highest BCUT2D eigenvalue weighted by Gasteiger charge is 2.44. The Morgan fingerprint density at radius 3 is 2.22 bits per heavy atom. The summed E-state index contributed by atoms with van der Waals surface area (Å²) >= 11 is 0. The van der Waals surface area contributed by atoms with E-state index in [1.807, 2.05) is 24.3 Å². The Hall–Kier alpha value is -3.43. The second-order valence-corrected chi connectivity index (χ2v) is 9.89. The average Bonchev–Trinajstić information content (AvgIpc) is 2.91. The zero-order chi connectivity index (χ0) is 26.3. The van der Waals surface area contributed by atoms with Crippen molar-refractivity contribution in [3.63, 3.8) is 0 Å². The van der Waals surface area contributed by atoms with Crippen molar-refractivity contribution in [2.45, 2.75) is 25.6 Å². The minimum absolute atomic E-state index is 0.0213. The summed E-state index contributed by atoms with van der Waals surface area (Å²) in [7, 11) is 1.61. The monoisotopic (exact) mass is 516 g/mol. The third-order valence-corrected chi connectivity index (χ3v) is 7.83. The molecule has 0 radical (unpaired) electrons. The van der Waals surface area contributed by atoms with Crippen molar-refractivity contribution in [3.05, 3.63) is 53.6 Å². The molecule has 0 spiro atoms. The molecule has 37 heavy (non-hydrogen) atoms. The molecule has 7 nitrogen and oxygen atoms in total. The van der Waals surface area contributed by atoms with E-state index < -0.39 is 17.7 Å². The fourth-order valence-corrected chi connectivity index (χ4v) is 5.79. The number of hydrogen-bond donors (Lipinski definition) is 0. The maximum absolute atomic E-state index is 13.8. The lowest BCUT2D eigenvalue weighted by Gasteiger charge is -2.50. The van der Waals surface area contributed by atoms with Crippen LogP contribution in [0.5, 0.6) is 5.75 Å². The molecular weight excluding hydrogens is 485 g/mol. The number of ether oxygens (including phenoxy) is 1. The molecule has 5 rings (SSSR count). The molecule has 3 aliphatic heterocycles. The molecule has 2 aromatic rings. The Balaban J connectivity index is 1.44. The van der Waals surface area contributed by atoms with E-state index in [0.29, 0.717) is 51.4 Å². The van der Waals surface area contributed by atoms with E-state index in [0.717, 1.165) is 23.2 Å². The fraction of sp³-hybridized carbons (Fsp3) is 0.481. The quantitative estimate of drug-likeness (QED) is 0.627. The highest BCUT2D eigenvalue weighted by Crippen LogP contribution is 2.41. The van der Waals surface area contributed by atoms with Crippen molar-refractivity contribution in [2.24, 2.45) is 5.92 Å². The molecule has 0 bridgehead atoms. The van der Waals surface area contributed by atoms with Gasteiger partial charge in [-0.05, 0) is 54.4 Å². The Morgan fingerprint density at radius 1 is 0.919 bits per heavy atom. The first kappa shape index (κ1) is 25.2. The summed E-state index contributed by atoms with van der Waals surface area (Å²) in [5, 5.41) is 0. The molecule has 0 aromatic heterocycles. The van der Waals surface area contributed by atoms with E-state index in [4.69, 9.17) is 4.74 Å². The zero-order valence-corrected chi connectivity index (χ0v) is 21.0. The molecule has 2 saturated heterocycles. The maximum Gasteiger partial charge on any atom is 0.416 e. The van der Waals surface area contributed by atoms with Gasteiger partial charge < -0.3 is 24.3 Å². The van der Waals surface area contributed by atoms with Crippen LogP contribution < -0.4 is 14.5 Å². The molecule has 2 aromatic carbocycles. The Kier molecular flexibility index (Phi) is 6.68. The SMILES string of the molecule is COc1ccc(N2CCN3c4ccc(C(F)(F)F)cc4C[C@@H](C(=O)N4CCN(C(C)=O)CC4)[C@@H]3C2)cc1. The minimum atomic E-state index is -4.44. The zero-order valence-electron chi connectivity index (χ0n) is 21.0. The van der Waals surface area contributed by atoms with E-state index >= 15 is 0 Å². The number of halogens is 3. The number of alkyl halides is 3. The maximum atomic E-state index is 13.8. The van der Waals surface area contributed by atoms with Gasteiger partial charge in [-0.3, -0.25) is 9.59 Å². The summed E-state index contributed by atoms with van der Waals surface area (Å²) in [6, 6.07) is 11.5. The van der Waals surface area contributed by atoms with Crippen molar-refractivity contribution in [3.8, 4) is 5.75 Å². The summed E-state index contributed by atoms with van der Waals surface area (Å²) in [5.74, 6) is 0.193. The number of rotatable bonds is 3. The van der Waals surface area contributed by atoms with E-state index in [2.05, 4.69) is 9.80 Å². The number of nitrogens with zero attached hydrogens (tertiary/aromatic N) is 4. The number of piperazine rings is 2. The second-order valence-electron chi connectivity index (χ2n) is 9.89. The smallest absolute Gasteiger partial charge is 0.416 e. The van der Waals surface area contributed by atoms with Crippen LogP contribution in [0, 0.1) is 5.92 Å². The third kappa shape index (κ3) is 4.93. The second kappa shape index (κ2) is 9.79. The summed E-state index contributed by atoms with van der Waals surface area (Å²) in [6.45, 7) is 5.17. The van der Waals surface area contributed by atoms with Gasteiger partial charge in [0.2, 0.25) is 11.8 Å². The first-order chi connectivity index (χ1) is 17.7. The van der Waals surface area contributed by atoms with E-state index in [1.54, 1.807) is 23.0 Å². The molecule has 0 aliphatic carbocycles. The summed E-state index contributed by atoms with van der Waals surface area (Å²) in [6.07, 6.45) is -4.19. The Morgan fingerprint density at radius 2 is 1.59 bits per heavy atom. The molecule has 198 valence electrons. The number of carbonyl (C=O) groups is 2. The van der Waals surface area contributed by atoms with E-state index in [1.165, 1.54) is 13.0 Å². The van der Waals surface area contributed by atoms with Crippen LogP contribution in [0.2, 0.25) is 0 Å². The molecule has 0 saturated carbocycles. The van der Waals surface area contributed by atoms with Gasteiger partial charge in [0.15, 0.2) is 0 Å². The van der Waals surface area contributed by atoms with E-state index in [9.17, 15) is 22.8 Å². The minimum Gasteiger partial charge on any atom is -0.497 e. The largest absolute Gasteiger partial charge is 0.497 e. The number of hydrogen-bond acceptors (Lipinski definition) is 5. The average molecular weight is 517 g/mol. The molecule has 0 N–H and O–H groups in total. The van der Waals surface area contributed by atoms with Crippen LogP contribution in [0.1, 0.15) is 18.1 Å². The van der Waals surface area contributed by atoms with Gasteiger partial charge in [-0.2, -0.15) is 13.2 Å². The molecule has 3 heterocycles. The molecule has 3 aliphatic rings. The summed E-state index contributed by atoms with van der Waals surface area (Å²) < 4.78 is 45.8. The standard InChI is InChI=1S/C27H31F3N4O3/c1-18(35)31-9-11-32(12-10-31)26(36)23-16-19-15-20(27(28,29)30)3-8-24(19)34-14-13-33(17-25(23)34)21-4-6-22(37-2)7-5-21/h3-8,15,23,25H,9-14,16-17H2,1-2H3/t23-,25+/m1/s1. The number of benzene rings is 2. The van der Waals surface area contributed by atoms with Gasteiger partial charge in [0.1, 0.15) is 5.75 Å². The van der Waals surface area contributed by atoms with Crippen molar-refractivity contribution >= 4 is 23.2 Å². The summed E-state index contributed by atoms with van der Waals surface area (Å²) in [5.41, 5.74) is 1.66. The first-order valence-electron chi connectivity index (χ1n) is 12.6. The molecule has 10 heteroatoms. The van der Waals surface area contributed by atoms with Crippen LogP contribution in [0.4, 0.5) is 24.5 Å². The van der Waals surface area contributed by atoms with Crippen LogP contribution in [0.25, 0.3) is 0 Å². The van der Waals surface area contributed by atoms with Crippen LogP contribution >= 0.6 is 0 Å². The Bertz CT molecular complexity index is 1160. The molecule has 2 fully saturated rings. The van der Waals surface area contributed by atoms with Crippen molar-refractivity contribution in [1.29, 1.82) is 0 Å². The van der Waals surface area contributed by atoms with Gasteiger partial charge in [-0.1, -0.05) is 0 Å². The lowest BCUT2D eigenvalue weighted by atomic mass is 9.82. The van der Waals surface area contributed by atoms with Crippen molar-refractivity contribution in [2.75, 3.05) is 62.7 Å². The molecule has 0 unspecified atom stereocenters. The molecular formula is C27H31F3N4O3. The normalized spacial score (nSPS) is 21.9. The predicted molar refractivity (Wildman–Crippen MR) is 134 cm³/mol. The van der Waals surface area contributed by atoms with Gasteiger partial charge >= 0.3 is 6.18 Å². The van der Waals surface area contributed by atoms with Gasteiger partial charge in [-0.25, -0.2) is 0 Å². The van der Waals surface area contributed by atoms with Gasteiger partial charge in [-0.15, -0.1) is 0 Å². The van der Waals surface area contributed by atoms with Gasteiger partial charge in [0.05, 0.1) is 24.6 Å². The van der Waals surface area contributed by atoms with Gasteiger partial charge in [0, 0.05) is 64.1 Å². The highest BCUT2D eigenvalue weighted by atomic mass is 19.4. The number of fused-ring (bicyclic) bond motifs is 3. The summed E-state index contributed by atoms with van der Waals surface area (Å²) in [4.78, 5) is 33.4. The number of amides is 2. The van der Waals surface area contributed by atoms with Crippen LogP contribution in [0.15, 0.2) is 42.5 Å². The Labute approximate surface area is 214 Å². The lowest BCUT2D eigenvalue weighted by Crippen LogP contribution is -2.62. The van der Waals surface area contributed by atoms with E-state index in [-0.39, 0.29) is 24.3 Å². The van der Waals surface area contributed by atoms with Gasteiger partial charge in [0.25, 0.3) is 0 Å². The van der Waals surface area contributed by atoms with Crippen molar-refractivity contribution < 1.29 is 27.5 Å². The number of methoxy groups -OCH3 is 1. The fourth-order valence-electron chi connectivity index (χ4n) is 5.79. The highest BCUT2D eigenvalue weighted by molar-refractivity contribution is 5.83. The van der Waals surface area contributed by atoms with Crippen LogP contribution in [0.3, 0.4) is 0 Å². The number of carbonyl (C=O) groups excluding carboxylic acids is 2. The van der Waals surface area contributed by atoms with Crippen molar-refractivity contribution in [1.82, 2.24) is 9.80 Å². The molecule has 2 amide bonds. The predicted octanol–water partition coefficient (Wildman–Crippen LogP) is 3.27. The topological polar surface area (TPSA) is 56.3 Å². The van der Waals surface area contributed by atoms with Crippen LogP contribution in [-0.4, -0.2) is 80.6 Å².